The molecule has 0 amide bonds. The lowest BCUT2D eigenvalue weighted by Gasteiger charge is -2.15. The average molecular weight is 250 g/mol. The van der Waals surface area contributed by atoms with Crippen molar-refractivity contribution in [1.29, 1.82) is 0 Å². The van der Waals surface area contributed by atoms with E-state index in [9.17, 15) is 0 Å². The van der Waals surface area contributed by atoms with Crippen LogP contribution in [0.4, 0.5) is 0 Å². The zero-order valence-electron chi connectivity index (χ0n) is 11.4. The van der Waals surface area contributed by atoms with Crippen LogP contribution in [0.1, 0.15) is 38.2 Å². The molecule has 3 heteroatoms. The van der Waals surface area contributed by atoms with Gasteiger partial charge in [-0.2, -0.15) is 0 Å². The summed E-state index contributed by atoms with van der Waals surface area (Å²) in [7, 11) is 0. The Morgan fingerprint density at radius 2 is 1.89 bits per heavy atom. The van der Waals surface area contributed by atoms with Crippen LogP contribution >= 0.6 is 0 Å². The van der Waals surface area contributed by atoms with Crippen molar-refractivity contribution in [2.24, 2.45) is 5.84 Å². The van der Waals surface area contributed by atoms with E-state index in [-0.39, 0.29) is 0 Å². The fourth-order valence-electron chi connectivity index (χ4n) is 2.08. The van der Waals surface area contributed by atoms with E-state index in [4.69, 9.17) is 10.6 Å². The van der Waals surface area contributed by atoms with Gasteiger partial charge in [-0.25, -0.2) is 0 Å². The van der Waals surface area contributed by atoms with Crippen molar-refractivity contribution in [3.05, 3.63) is 35.9 Å². The van der Waals surface area contributed by atoms with Gasteiger partial charge in [0.15, 0.2) is 0 Å². The van der Waals surface area contributed by atoms with Gasteiger partial charge in [0, 0.05) is 19.3 Å². The smallest absolute Gasteiger partial charge is 0.0466 e. The quantitative estimate of drug-likeness (QED) is 0.381. The van der Waals surface area contributed by atoms with Gasteiger partial charge < -0.3 is 4.74 Å². The molecule has 1 aromatic carbocycles. The molecular weight excluding hydrogens is 224 g/mol. The Bertz CT molecular complexity index is 290. The molecule has 1 unspecified atom stereocenters. The van der Waals surface area contributed by atoms with E-state index in [1.54, 1.807) is 0 Å². The van der Waals surface area contributed by atoms with Crippen LogP contribution in [0.15, 0.2) is 30.3 Å². The van der Waals surface area contributed by atoms with E-state index in [1.165, 1.54) is 12.0 Å². The molecule has 18 heavy (non-hydrogen) atoms. The Morgan fingerprint density at radius 1 is 1.17 bits per heavy atom. The molecule has 1 aromatic rings. The van der Waals surface area contributed by atoms with Crippen molar-refractivity contribution in [2.75, 3.05) is 13.2 Å². The maximum atomic E-state index is 5.58. The summed E-state index contributed by atoms with van der Waals surface area (Å²) in [6.45, 7) is 3.67. The van der Waals surface area contributed by atoms with Gasteiger partial charge in [-0.1, -0.05) is 30.3 Å². The number of aryl methyl sites for hydroxylation is 1. The van der Waals surface area contributed by atoms with Gasteiger partial charge in [0.25, 0.3) is 0 Å². The van der Waals surface area contributed by atoms with Crippen LogP contribution in [0.5, 0.6) is 0 Å². The predicted molar refractivity (Wildman–Crippen MR) is 76.2 cm³/mol. The van der Waals surface area contributed by atoms with Crippen LogP contribution in [0.3, 0.4) is 0 Å². The van der Waals surface area contributed by atoms with Crippen molar-refractivity contribution < 1.29 is 4.74 Å². The summed E-state index contributed by atoms with van der Waals surface area (Å²) >= 11 is 0. The Balaban J connectivity index is 2.11. The van der Waals surface area contributed by atoms with E-state index in [0.29, 0.717) is 6.04 Å². The maximum absolute atomic E-state index is 5.58. The summed E-state index contributed by atoms with van der Waals surface area (Å²) in [5.74, 6) is 5.58. The molecule has 102 valence electrons. The Hall–Kier alpha value is -0.900. The lowest BCUT2D eigenvalue weighted by molar-refractivity contribution is 0.140. The second-order valence-corrected chi connectivity index (χ2v) is 4.58. The SMILES string of the molecule is CCOCCCC(CCCc1ccccc1)NN. The number of nitrogens with two attached hydrogens (primary N) is 1. The van der Waals surface area contributed by atoms with E-state index >= 15 is 0 Å². The zero-order valence-corrected chi connectivity index (χ0v) is 11.4. The lowest BCUT2D eigenvalue weighted by Crippen LogP contribution is -2.35. The first-order chi connectivity index (χ1) is 8.86. The van der Waals surface area contributed by atoms with Gasteiger partial charge in [-0.05, 0) is 44.6 Å². The largest absolute Gasteiger partial charge is 0.382 e. The van der Waals surface area contributed by atoms with Gasteiger partial charge in [0.2, 0.25) is 0 Å². The van der Waals surface area contributed by atoms with Crippen LogP contribution in [0.25, 0.3) is 0 Å². The first kappa shape index (κ1) is 15.2. The minimum absolute atomic E-state index is 0.411. The third kappa shape index (κ3) is 6.74. The summed E-state index contributed by atoms with van der Waals surface area (Å²) in [5.41, 5.74) is 4.31. The minimum Gasteiger partial charge on any atom is -0.382 e. The third-order valence-electron chi connectivity index (χ3n) is 3.14. The Labute approximate surface area is 111 Å². The first-order valence-electron chi connectivity index (χ1n) is 6.94. The third-order valence-corrected chi connectivity index (χ3v) is 3.14. The standard InChI is InChI=1S/C15H26N2O/c1-2-18-13-7-12-15(17-16)11-6-10-14-8-4-3-5-9-14/h3-5,8-9,15,17H,2,6-7,10-13,16H2,1H3. The Morgan fingerprint density at radius 3 is 2.56 bits per heavy atom. The number of benzene rings is 1. The molecule has 0 aromatic heterocycles. The first-order valence-corrected chi connectivity index (χ1v) is 6.94. The number of nitrogens with one attached hydrogen (secondary N) is 1. The molecule has 1 rings (SSSR count). The van der Waals surface area contributed by atoms with Crippen LogP contribution in [0.2, 0.25) is 0 Å². The highest BCUT2D eigenvalue weighted by Crippen LogP contribution is 2.09. The van der Waals surface area contributed by atoms with Crippen molar-refractivity contribution in [3.8, 4) is 0 Å². The van der Waals surface area contributed by atoms with E-state index in [1.807, 2.05) is 6.92 Å². The summed E-state index contributed by atoms with van der Waals surface area (Å²) in [4.78, 5) is 0. The minimum atomic E-state index is 0.411. The molecule has 0 saturated carbocycles. The van der Waals surface area contributed by atoms with Crippen LogP contribution in [-0.4, -0.2) is 19.3 Å². The molecule has 0 aliphatic carbocycles. The molecule has 3 nitrogen and oxygen atoms in total. The molecule has 0 heterocycles. The highest BCUT2D eigenvalue weighted by Gasteiger charge is 2.06. The number of rotatable bonds is 10. The molecule has 0 fully saturated rings. The maximum Gasteiger partial charge on any atom is 0.0466 e. The van der Waals surface area contributed by atoms with Crippen molar-refractivity contribution in [2.45, 2.75) is 45.1 Å². The molecule has 0 bridgehead atoms. The summed E-state index contributed by atoms with van der Waals surface area (Å²) < 4.78 is 5.33. The summed E-state index contributed by atoms with van der Waals surface area (Å²) in [6.07, 6.45) is 5.59. The zero-order chi connectivity index (χ0) is 13.1. The van der Waals surface area contributed by atoms with Crippen LogP contribution in [0, 0.1) is 0 Å². The molecule has 0 spiro atoms. The number of ether oxygens (including phenoxy) is 1. The van der Waals surface area contributed by atoms with Crippen molar-refractivity contribution in [1.82, 2.24) is 5.43 Å². The monoisotopic (exact) mass is 250 g/mol. The van der Waals surface area contributed by atoms with Gasteiger partial charge in [-0.15, -0.1) is 0 Å². The molecule has 3 N–H and O–H groups in total. The summed E-state index contributed by atoms with van der Waals surface area (Å²) in [5, 5.41) is 0. The Kier molecular flexibility index (Phi) is 8.47. The van der Waals surface area contributed by atoms with Gasteiger partial charge in [0.1, 0.15) is 0 Å². The number of hydrogen-bond acceptors (Lipinski definition) is 3. The fourth-order valence-corrected chi connectivity index (χ4v) is 2.08. The van der Waals surface area contributed by atoms with Crippen molar-refractivity contribution >= 4 is 0 Å². The average Bonchev–Trinajstić information content (AvgIpc) is 2.42. The molecule has 0 aliphatic rings. The van der Waals surface area contributed by atoms with E-state index < -0.39 is 0 Å². The van der Waals surface area contributed by atoms with E-state index in [2.05, 4.69) is 35.8 Å². The molecule has 0 aliphatic heterocycles. The molecule has 0 saturated heterocycles. The normalized spacial score (nSPS) is 12.6. The van der Waals surface area contributed by atoms with Gasteiger partial charge in [-0.3, -0.25) is 11.3 Å². The predicted octanol–water partition coefficient (Wildman–Crippen LogP) is 2.66. The fraction of sp³-hybridized carbons (Fsp3) is 0.600. The molecule has 0 radical (unpaired) electrons. The van der Waals surface area contributed by atoms with Crippen LogP contribution < -0.4 is 11.3 Å². The highest BCUT2D eigenvalue weighted by molar-refractivity contribution is 5.14. The number of hydrogen-bond donors (Lipinski definition) is 2. The number of hydrazine groups is 1. The second-order valence-electron chi connectivity index (χ2n) is 4.58. The van der Waals surface area contributed by atoms with Gasteiger partial charge >= 0.3 is 0 Å². The van der Waals surface area contributed by atoms with Gasteiger partial charge in [0.05, 0.1) is 0 Å². The van der Waals surface area contributed by atoms with E-state index in [0.717, 1.165) is 38.9 Å². The topological polar surface area (TPSA) is 47.3 Å². The molecular formula is C15H26N2O. The lowest BCUT2D eigenvalue weighted by atomic mass is 10.0. The second kappa shape index (κ2) is 10.1. The summed E-state index contributed by atoms with van der Waals surface area (Å²) in [6, 6.07) is 11.0. The van der Waals surface area contributed by atoms with Crippen molar-refractivity contribution in [3.63, 3.8) is 0 Å². The van der Waals surface area contributed by atoms with Crippen LogP contribution in [-0.2, 0) is 11.2 Å². The molecule has 1 atom stereocenters. The highest BCUT2D eigenvalue weighted by atomic mass is 16.5.